The van der Waals surface area contributed by atoms with Gasteiger partial charge >= 0.3 is 17.1 Å². The van der Waals surface area contributed by atoms with E-state index in [9.17, 15) is 0 Å². The molecule has 1 aromatic rings. The minimum Gasteiger partial charge on any atom is -0.465 e. The summed E-state index contributed by atoms with van der Waals surface area (Å²) < 4.78 is 33.2. The van der Waals surface area contributed by atoms with Crippen molar-refractivity contribution in [1.29, 1.82) is 0 Å². The fourth-order valence-corrected chi connectivity index (χ4v) is 26.3. The largest absolute Gasteiger partial charge is 0.465 e. The summed E-state index contributed by atoms with van der Waals surface area (Å²) in [6, 6.07) is 4.10. The van der Waals surface area contributed by atoms with Crippen LogP contribution >= 0.6 is 0 Å². The molecule has 0 unspecified atom stereocenters. The second-order valence-electron chi connectivity index (χ2n) is 11.9. The van der Waals surface area contributed by atoms with Crippen molar-refractivity contribution < 1.29 is 20.9 Å². The van der Waals surface area contributed by atoms with Gasteiger partial charge in [0.15, 0.2) is 33.3 Å². The lowest BCUT2D eigenvalue weighted by Gasteiger charge is -2.38. The molecule has 29 heavy (non-hydrogen) atoms. The van der Waals surface area contributed by atoms with Gasteiger partial charge < -0.3 is 20.9 Å². The lowest BCUT2D eigenvalue weighted by atomic mass is 10.7. The molecule has 170 valence electrons. The van der Waals surface area contributed by atoms with E-state index in [-0.39, 0.29) is 0 Å². The van der Waals surface area contributed by atoms with Crippen molar-refractivity contribution in [2.45, 2.75) is 91.7 Å². The van der Waals surface area contributed by atoms with Crippen LogP contribution in [0.4, 0.5) is 0 Å². The number of rotatable bonds is 10. The first kappa shape index (κ1) is 27.5. The summed E-state index contributed by atoms with van der Waals surface area (Å²) in [5, 5.41) is 1.68. The predicted molar refractivity (Wildman–Crippen MR) is 139 cm³/mol. The summed E-state index contributed by atoms with van der Waals surface area (Å²) in [6.45, 7) is 30.7. The first-order valence-corrected chi connectivity index (χ1v) is 28.7. The van der Waals surface area contributed by atoms with E-state index in [1.54, 1.807) is 0 Å². The molecule has 0 radical (unpaired) electrons. The number of furan rings is 1. The maximum Gasteiger partial charge on any atom is 0.385 e. The van der Waals surface area contributed by atoms with Gasteiger partial charge in [-0.3, -0.25) is 0 Å². The van der Waals surface area contributed by atoms with Gasteiger partial charge in [-0.05, 0) is 104 Å². The summed E-state index contributed by atoms with van der Waals surface area (Å²) in [7, 11) is -12.7. The van der Waals surface area contributed by atoms with Crippen LogP contribution in [0.5, 0.6) is 0 Å². The summed E-state index contributed by atoms with van der Waals surface area (Å²) in [5.41, 5.74) is 0. The average Bonchev–Trinajstić information content (AvgIpc) is 2.78. The lowest BCUT2D eigenvalue weighted by Crippen LogP contribution is -2.62. The smallest absolute Gasteiger partial charge is 0.385 e. The topological polar surface area (TPSA) is 50.1 Å². The second kappa shape index (κ2) is 8.75. The van der Waals surface area contributed by atoms with E-state index in [1.807, 2.05) is 12.1 Å². The first-order chi connectivity index (χ1) is 12.5. The van der Waals surface area contributed by atoms with Crippen LogP contribution in [0.1, 0.15) is 0 Å². The SMILES string of the molecule is C[Si](C)(C)O[Si](C)(O[Si](C)(C)C)c1ccc([Si](C)(O[Si](C)(C)C)O[Si](C)(C)C)o1. The van der Waals surface area contributed by atoms with Crippen LogP contribution in [0, 0.1) is 0 Å². The summed E-state index contributed by atoms with van der Waals surface area (Å²) >= 11 is 0. The molecule has 0 saturated carbocycles. The van der Waals surface area contributed by atoms with Gasteiger partial charge in [0.25, 0.3) is 0 Å². The van der Waals surface area contributed by atoms with E-state index in [0.717, 1.165) is 10.8 Å². The Morgan fingerprint density at radius 2 is 0.655 bits per heavy atom. The van der Waals surface area contributed by atoms with Gasteiger partial charge in [-0.2, -0.15) is 0 Å². The molecule has 0 atom stereocenters. The molecular formula is C18H44O5Si6. The molecule has 0 aromatic carbocycles. The van der Waals surface area contributed by atoms with Crippen molar-refractivity contribution in [1.82, 2.24) is 0 Å². The highest BCUT2D eigenvalue weighted by atomic mass is 28.5. The van der Waals surface area contributed by atoms with E-state index >= 15 is 0 Å². The molecule has 0 aliphatic rings. The Kier molecular flexibility index (Phi) is 8.28. The van der Waals surface area contributed by atoms with Gasteiger partial charge in [0.05, 0.1) is 0 Å². The summed E-state index contributed by atoms with van der Waals surface area (Å²) in [5.74, 6) is 0. The van der Waals surface area contributed by atoms with Crippen molar-refractivity contribution in [3.05, 3.63) is 12.1 Å². The molecule has 1 aromatic heterocycles. The molecule has 0 bridgehead atoms. The van der Waals surface area contributed by atoms with E-state index in [4.69, 9.17) is 20.9 Å². The Labute approximate surface area is 185 Å². The standard InChI is InChI=1S/C18H44O5Si6/c1-24(2,3)20-28(13,21-25(4,5)6)17-15-16-18(19-17)29(14,22-26(7,8)9)23-27(10,11)12/h15-16H,1-14H3. The molecule has 11 heteroatoms. The third-order valence-corrected chi connectivity index (χ3v) is 21.9. The molecule has 0 aliphatic carbocycles. The molecule has 1 rings (SSSR count). The summed E-state index contributed by atoms with van der Waals surface area (Å²) in [6.07, 6.45) is 0. The Balaban J connectivity index is 3.44. The van der Waals surface area contributed by atoms with Crippen LogP contribution in [-0.2, 0) is 16.5 Å². The maximum atomic E-state index is 6.66. The minimum absolute atomic E-state index is 0.842. The van der Waals surface area contributed by atoms with Crippen molar-refractivity contribution in [2.75, 3.05) is 0 Å². The van der Waals surface area contributed by atoms with Crippen molar-refractivity contribution in [2.24, 2.45) is 0 Å². The van der Waals surface area contributed by atoms with Crippen molar-refractivity contribution in [3.63, 3.8) is 0 Å². The van der Waals surface area contributed by atoms with Crippen LogP contribution in [0.2, 0.25) is 91.7 Å². The zero-order valence-electron chi connectivity index (χ0n) is 21.2. The lowest BCUT2D eigenvalue weighted by molar-refractivity contribution is 0.379. The van der Waals surface area contributed by atoms with Gasteiger partial charge in [0.1, 0.15) is 10.8 Å². The van der Waals surface area contributed by atoms with Crippen molar-refractivity contribution in [3.8, 4) is 0 Å². The Bertz CT molecular complexity index is 590. The predicted octanol–water partition coefficient (Wildman–Crippen LogP) is 5.24. The molecule has 0 spiro atoms. The van der Waals surface area contributed by atoms with Gasteiger partial charge in [-0.1, -0.05) is 0 Å². The average molecular weight is 509 g/mol. The molecule has 0 aliphatic heterocycles. The van der Waals surface area contributed by atoms with Crippen LogP contribution in [0.25, 0.3) is 0 Å². The highest BCUT2D eigenvalue weighted by Crippen LogP contribution is 2.24. The molecule has 0 fully saturated rings. The van der Waals surface area contributed by atoms with Gasteiger partial charge in [-0.15, -0.1) is 0 Å². The summed E-state index contributed by atoms with van der Waals surface area (Å²) in [4.78, 5) is 0. The quantitative estimate of drug-likeness (QED) is 0.404. The van der Waals surface area contributed by atoms with Crippen LogP contribution in [0.3, 0.4) is 0 Å². The first-order valence-electron chi connectivity index (χ1n) is 10.5. The third kappa shape index (κ3) is 9.62. The molecular weight excluding hydrogens is 465 g/mol. The Morgan fingerprint density at radius 3 is 0.828 bits per heavy atom. The fourth-order valence-electron chi connectivity index (χ4n) is 3.41. The molecule has 0 amide bonds. The molecule has 0 saturated heterocycles. The van der Waals surface area contributed by atoms with Crippen LogP contribution < -0.4 is 10.8 Å². The van der Waals surface area contributed by atoms with Gasteiger partial charge in [0.2, 0.25) is 0 Å². The highest BCUT2D eigenvalue weighted by molar-refractivity contribution is 6.95. The molecule has 1 heterocycles. The monoisotopic (exact) mass is 508 g/mol. The van der Waals surface area contributed by atoms with Crippen LogP contribution in [0.15, 0.2) is 16.5 Å². The third-order valence-electron chi connectivity index (χ3n) is 3.50. The molecule has 5 nitrogen and oxygen atoms in total. The minimum atomic E-state index is -2.68. The number of hydrogen-bond donors (Lipinski definition) is 0. The van der Waals surface area contributed by atoms with E-state index in [0.29, 0.717) is 0 Å². The highest BCUT2D eigenvalue weighted by Gasteiger charge is 2.49. The zero-order chi connectivity index (χ0) is 23.1. The normalized spacial score (nSPS) is 15.1. The Hall–Kier alpha value is 0.421. The maximum absolute atomic E-state index is 6.66. The fraction of sp³-hybridized carbons (Fsp3) is 0.778. The van der Waals surface area contributed by atoms with E-state index in [1.165, 1.54) is 0 Å². The van der Waals surface area contributed by atoms with Crippen LogP contribution in [-0.4, -0.2) is 50.4 Å². The second-order valence-corrected chi connectivity index (χ2v) is 36.8. The zero-order valence-corrected chi connectivity index (χ0v) is 27.2. The van der Waals surface area contributed by atoms with Gasteiger partial charge in [-0.25, -0.2) is 0 Å². The van der Waals surface area contributed by atoms with Gasteiger partial charge in [0, 0.05) is 0 Å². The van der Waals surface area contributed by atoms with E-state index < -0.39 is 50.4 Å². The van der Waals surface area contributed by atoms with Crippen molar-refractivity contribution >= 4 is 61.2 Å². The van der Waals surface area contributed by atoms with E-state index in [2.05, 4.69) is 91.7 Å². The Morgan fingerprint density at radius 1 is 0.448 bits per heavy atom. The molecule has 0 N–H and O–H groups in total. The number of hydrogen-bond acceptors (Lipinski definition) is 5.